The minimum Gasteiger partial charge on any atom is -0.463 e. The fraction of sp³-hybridized carbons (Fsp3) is 0.0435. The van der Waals surface area contributed by atoms with Gasteiger partial charge in [0.15, 0.2) is 11.9 Å². The number of rotatable bonds is 6. The molecule has 5 aromatic rings. The molecule has 0 saturated heterocycles. The summed E-state index contributed by atoms with van der Waals surface area (Å²) in [5.41, 5.74) is 3.04. The van der Waals surface area contributed by atoms with Gasteiger partial charge in [-0.2, -0.15) is 0 Å². The zero-order valence-corrected chi connectivity index (χ0v) is 17.1. The van der Waals surface area contributed by atoms with Crippen molar-refractivity contribution in [3.05, 3.63) is 102 Å². The third-order valence-electron chi connectivity index (χ3n) is 4.71. The van der Waals surface area contributed by atoms with E-state index in [0.717, 1.165) is 22.0 Å². The first-order chi connectivity index (χ1) is 15.3. The molecule has 1 unspecified atom stereocenters. The highest BCUT2D eigenvalue weighted by molar-refractivity contribution is 7.10. The molecule has 5 rings (SSSR count). The largest absolute Gasteiger partial charge is 0.463 e. The van der Waals surface area contributed by atoms with Crippen LogP contribution in [0, 0.1) is 0 Å². The Morgan fingerprint density at radius 3 is 2.74 bits per heavy atom. The number of amides is 1. The van der Waals surface area contributed by atoms with E-state index in [1.165, 1.54) is 11.3 Å². The van der Waals surface area contributed by atoms with Crippen LogP contribution >= 0.6 is 11.3 Å². The number of carbonyl (C=O) groups excluding carboxylic acids is 1. The molecule has 31 heavy (non-hydrogen) atoms. The number of hydrogen-bond donors (Lipinski definition) is 1. The van der Waals surface area contributed by atoms with Crippen LogP contribution < -0.4 is 5.32 Å². The zero-order chi connectivity index (χ0) is 21.0. The molecule has 0 saturated carbocycles. The summed E-state index contributed by atoms with van der Waals surface area (Å²) in [4.78, 5) is 26.1. The summed E-state index contributed by atoms with van der Waals surface area (Å²) >= 11 is 1.47. The van der Waals surface area contributed by atoms with Crippen LogP contribution in [-0.2, 0) is 0 Å². The summed E-state index contributed by atoms with van der Waals surface area (Å²) in [6, 6.07) is 16.6. The number of hydrogen-bond acceptors (Lipinski definition) is 6. The molecule has 0 aliphatic heterocycles. The second-order valence-electron chi connectivity index (χ2n) is 6.73. The summed E-state index contributed by atoms with van der Waals surface area (Å²) in [6.45, 7) is 0. The standard InChI is InChI=1S/C23H17N5O2S/c29-22(16-5-2-1-3-6-16)27-21(28-11-10-24-15-28)23-26-19(14-31-23)17-8-9-25-18(13-17)20-7-4-12-30-20/h1-15,21H,(H,27,29). The molecule has 0 spiro atoms. The number of pyridine rings is 1. The molecule has 0 bridgehead atoms. The average Bonchev–Trinajstić information content (AvgIpc) is 3.60. The SMILES string of the molecule is O=C(NC(c1nc(-c2ccnc(-c3ccco3)c2)cs1)n1ccnc1)c1ccccc1. The molecule has 1 N–H and O–H groups in total. The molecule has 0 fully saturated rings. The van der Waals surface area contributed by atoms with Crippen molar-refractivity contribution in [3.63, 3.8) is 0 Å². The predicted molar refractivity (Wildman–Crippen MR) is 117 cm³/mol. The monoisotopic (exact) mass is 427 g/mol. The highest BCUT2D eigenvalue weighted by atomic mass is 32.1. The van der Waals surface area contributed by atoms with E-state index in [2.05, 4.69) is 15.3 Å². The second kappa shape index (κ2) is 8.37. The fourth-order valence-electron chi connectivity index (χ4n) is 3.18. The maximum atomic E-state index is 12.8. The van der Waals surface area contributed by atoms with Crippen LogP contribution in [0.25, 0.3) is 22.7 Å². The molecule has 4 heterocycles. The smallest absolute Gasteiger partial charge is 0.253 e. The Morgan fingerprint density at radius 1 is 1.06 bits per heavy atom. The van der Waals surface area contributed by atoms with E-state index in [9.17, 15) is 4.79 Å². The molecule has 1 amide bonds. The summed E-state index contributed by atoms with van der Waals surface area (Å²) in [6.07, 6.45) is 8.03. The lowest BCUT2D eigenvalue weighted by Gasteiger charge is -2.18. The average molecular weight is 427 g/mol. The van der Waals surface area contributed by atoms with Gasteiger partial charge in [-0.1, -0.05) is 18.2 Å². The number of carbonyl (C=O) groups is 1. The van der Waals surface area contributed by atoms with Gasteiger partial charge >= 0.3 is 0 Å². The van der Waals surface area contributed by atoms with Crippen LogP contribution in [0.3, 0.4) is 0 Å². The van der Waals surface area contributed by atoms with Gasteiger partial charge in [-0.3, -0.25) is 9.78 Å². The van der Waals surface area contributed by atoms with E-state index in [-0.39, 0.29) is 5.91 Å². The van der Waals surface area contributed by atoms with Crippen molar-refractivity contribution in [2.45, 2.75) is 6.17 Å². The van der Waals surface area contributed by atoms with E-state index >= 15 is 0 Å². The highest BCUT2D eigenvalue weighted by Crippen LogP contribution is 2.29. The topological polar surface area (TPSA) is 85.8 Å². The van der Waals surface area contributed by atoms with Gasteiger partial charge in [0.25, 0.3) is 5.91 Å². The maximum absolute atomic E-state index is 12.8. The molecule has 0 aliphatic rings. The number of nitrogens with zero attached hydrogens (tertiary/aromatic N) is 4. The Kier molecular flexibility index (Phi) is 5.12. The molecular formula is C23H17N5O2S. The first-order valence-corrected chi connectivity index (χ1v) is 10.4. The van der Waals surface area contributed by atoms with E-state index < -0.39 is 6.17 Å². The normalized spacial score (nSPS) is 11.9. The Bertz CT molecular complexity index is 1280. The van der Waals surface area contributed by atoms with Crippen LogP contribution in [0.1, 0.15) is 21.5 Å². The van der Waals surface area contributed by atoms with Crippen LogP contribution in [0.2, 0.25) is 0 Å². The lowest BCUT2D eigenvalue weighted by Crippen LogP contribution is -2.32. The molecular weight excluding hydrogens is 410 g/mol. The molecule has 7 nitrogen and oxygen atoms in total. The summed E-state index contributed by atoms with van der Waals surface area (Å²) in [7, 11) is 0. The Labute approximate surface area is 182 Å². The second-order valence-corrected chi connectivity index (χ2v) is 7.62. The quantitative estimate of drug-likeness (QED) is 0.427. The Hall–Kier alpha value is -4.04. The van der Waals surface area contributed by atoms with Crippen molar-refractivity contribution in [2.24, 2.45) is 0 Å². The number of benzene rings is 1. The third-order valence-corrected chi connectivity index (χ3v) is 5.61. The fourth-order valence-corrected chi connectivity index (χ4v) is 4.06. The van der Waals surface area contributed by atoms with E-state index in [4.69, 9.17) is 9.40 Å². The first-order valence-electron chi connectivity index (χ1n) is 9.57. The highest BCUT2D eigenvalue weighted by Gasteiger charge is 2.21. The van der Waals surface area contributed by atoms with Gasteiger partial charge in [-0.25, -0.2) is 9.97 Å². The lowest BCUT2D eigenvalue weighted by atomic mass is 10.1. The summed E-state index contributed by atoms with van der Waals surface area (Å²) in [5.74, 6) is 0.517. The van der Waals surface area contributed by atoms with Gasteiger partial charge in [0, 0.05) is 35.1 Å². The van der Waals surface area contributed by atoms with E-state index in [1.807, 2.05) is 52.4 Å². The van der Waals surface area contributed by atoms with Gasteiger partial charge in [0.1, 0.15) is 10.7 Å². The van der Waals surface area contributed by atoms with Crippen molar-refractivity contribution in [1.82, 2.24) is 24.8 Å². The van der Waals surface area contributed by atoms with Crippen LogP contribution in [0.15, 0.2) is 95.6 Å². The Balaban J connectivity index is 1.45. The first kappa shape index (κ1) is 19.0. The van der Waals surface area contributed by atoms with Crippen molar-refractivity contribution in [1.29, 1.82) is 0 Å². The summed E-state index contributed by atoms with van der Waals surface area (Å²) in [5, 5.41) is 5.77. The molecule has 0 radical (unpaired) electrons. The van der Waals surface area contributed by atoms with E-state index in [0.29, 0.717) is 11.3 Å². The molecule has 4 aromatic heterocycles. The van der Waals surface area contributed by atoms with Crippen molar-refractivity contribution in [2.75, 3.05) is 0 Å². The maximum Gasteiger partial charge on any atom is 0.253 e. The number of thiazole rings is 1. The van der Waals surface area contributed by atoms with Gasteiger partial charge in [-0.15, -0.1) is 11.3 Å². The summed E-state index contributed by atoms with van der Waals surface area (Å²) < 4.78 is 7.27. The minimum absolute atomic E-state index is 0.180. The zero-order valence-electron chi connectivity index (χ0n) is 16.3. The predicted octanol–water partition coefficient (Wildman–Crippen LogP) is 4.64. The van der Waals surface area contributed by atoms with Gasteiger partial charge in [0.2, 0.25) is 0 Å². The molecule has 1 aromatic carbocycles. The number of furan rings is 1. The molecule has 8 heteroatoms. The van der Waals surface area contributed by atoms with Crippen LogP contribution in [0.5, 0.6) is 0 Å². The molecule has 152 valence electrons. The van der Waals surface area contributed by atoms with E-state index in [1.54, 1.807) is 43.3 Å². The molecule has 1 atom stereocenters. The van der Waals surface area contributed by atoms with Gasteiger partial charge in [-0.05, 0) is 36.4 Å². The lowest BCUT2D eigenvalue weighted by molar-refractivity contribution is 0.0930. The van der Waals surface area contributed by atoms with Crippen molar-refractivity contribution in [3.8, 4) is 22.7 Å². The van der Waals surface area contributed by atoms with Crippen molar-refractivity contribution < 1.29 is 9.21 Å². The van der Waals surface area contributed by atoms with Crippen LogP contribution in [0.4, 0.5) is 0 Å². The third kappa shape index (κ3) is 4.01. The van der Waals surface area contributed by atoms with Gasteiger partial charge < -0.3 is 14.3 Å². The minimum atomic E-state index is -0.472. The number of imidazole rings is 1. The van der Waals surface area contributed by atoms with Crippen molar-refractivity contribution >= 4 is 17.2 Å². The number of aromatic nitrogens is 4. The Morgan fingerprint density at radius 2 is 1.97 bits per heavy atom. The molecule has 0 aliphatic carbocycles. The number of nitrogens with one attached hydrogen (secondary N) is 1. The van der Waals surface area contributed by atoms with Gasteiger partial charge in [0.05, 0.1) is 18.3 Å². The van der Waals surface area contributed by atoms with Crippen LogP contribution in [-0.4, -0.2) is 25.4 Å².